The third-order valence-electron chi connectivity index (χ3n) is 4.17. The van der Waals surface area contributed by atoms with E-state index in [1.165, 1.54) is 0 Å². The van der Waals surface area contributed by atoms with E-state index in [0.717, 1.165) is 44.6 Å². The lowest BCUT2D eigenvalue weighted by Crippen LogP contribution is -2.44. The molecule has 1 unspecified atom stereocenters. The Balaban J connectivity index is 2.26. The molecule has 120 valence electrons. The fraction of sp³-hybridized carbons (Fsp3) is 0.786. The summed E-state index contributed by atoms with van der Waals surface area (Å²) in [5.74, 6) is 0.750. The van der Waals surface area contributed by atoms with Gasteiger partial charge in [-0.2, -0.15) is 4.31 Å². The number of nitrogens with one attached hydrogen (secondary N) is 1. The first kappa shape index (κ1) is 16.5. The number of hydrogen-bond acceptors (Lipinski definition) is 4. The van der Waals surface area contributed by atoms with E-state index in [2.05, 4.69) is 10.3 Å². The van der Waals surface area contributed by atoms with E-state index in [1.807, 2.05) is 25.5 Å². The first-order valence-corrected chi connectivity index (χ1v) is 9.15. The molecule has 1 fully saturated rings. The van der Waals surface area contributed by atoms with Crippen LogP contribution in [0.4, 0.5) is 0 Å². The van der Waals surface area contributed by atoms with Crippen LogP contribution in [0.15, 0.2) is 11.2 Å². The Labute approximate surface area is 127 Å². The van der Waals surface area contributed by atoms with E-state index < -0.39 is 10.0 Å². The van der Waals surface area contributed by atoms with E-state index in [4.69, 9.17) is 0 Å². The Morgan fingerprint density at radius 2 is 2.19 bits per heavy atom. The van der Waals surface area contributed by atoms with Crippen molar-refractivity contribution in [1.82, 2.24) is 19.2 Å². The van der Waals surface area contributed by atoms with Crippen LogP contribution in [-0.4, -0.2) is 48.5 Å². The molecule has 1 atom stereocenters. The van der Waals surface area contributed by atoms with Crippen LogP contribution in [0.2, 0.25) is 0 Å². The van der Waals surface area contributed by atoms with Crippen LogP contribution in [-0.2, 0) is 16.6 Å². The van der Waals surface area contributed by atoms with Gasteiger partial charge >= 0.3 is 0 Å². The molecule has 1 aromatic heterocycles. The lowest BCUT2D eigenvalue weighted by Gasteiger charge is -2.34. The van der Waals surface area contributed by atoms with Crippen LogP contribution >= 0.6 is 0 Å². The van der Waals surface area contributed by atoms with Gasteiger partial charge in [0.05, 0.1) is 0 Å². The zero-order chi connectivity index (χ0) is 15.5. The summed E-state index contributed by atoms with van der Waals surface area (Å²) in [6, 6.07) is 0.0864. The van der Waals surface area contributed by atoms with Gasteiger partial charge in [-0.25, -0.2) is 13.4 Å². The highest BCUT2D eigenvalue weighted by Crippen LogP contribution is 2.26. The van der Waals surface area contributed by atoms with Gasteiger partial charge in [-0.05, 0) is 46.7 Å². The predicted molar refractivity (Wildman–Crippen MR) is 82.7 cm³/mol. The lowest BCUT2D eigenvalue weighted by atomic mass is 10.0. The highest BCUT2D eigenvalue weighted by atomic mass is 32.2. The molecule has 2 rings (SSSR count). The predicted octanol–water partition coefficient (Wildman–Crippen LogP) is 1.36. The second-order valence-electron chi connectivity index (χ2n) is 5.57. The maximum Gasteiger partial charge on any atom is 0.262 e. The molecule has 7 heteroatoms. The van der Waals surface area contributed by atoms with Crippen molar-refractivity contribution in [1.29, 1.82) is 0 Å². The molecule has 6 nitrogen and oxygen atoms in total. The molecule has 1 N–H and O–H groups in total. The molecule has 0 aliphatic carbocycles. The van der Waals surface area contributed by atoms with Crippen molar-refractivity contribution < 1.29 is 8.42 Å². The van der Waals surface area contributed by atoms with Crippen molar-refractivity contribution in [2.75, 3.05) is 20.1 Å². The van der Waals surface area contributed by atoms with E-state index in [-0.39, 0.29) is 11.1 Å². The fourth-order valence-corrected chi connectivity index (χ4v) is 4.65. The highest BCUT2D eigenvalue weighted by Gasteiger charge is 2.34. The normalized spacial score (nSPS) is 20.8. The zero-order valence-corrected chi connectivity index (χ0v) is 14.0. The van der Waals surface area contributed by atoms with E-state index in [9.17, 15) is 8.42 Å². The molecule has 0 spiro atoms. The molecule has 0 aromatic carbocycles. The number of aromatic nitrogens is 2. The molecule has 1 aromatic rings. The summed E-state index contributed by atoms with van der Waals surface area (Å²) in [6.45, 7) is 6.00. The molecule has 2 heterocycles. The summed E-state index contributed by atoms with van der Waals surface area (Å²) in [4.78, 5) is 4.26. The molecule has 0 bridgehead atoms. The van der Waals surface area contributed by atoms with Crippen molar-refractivity contribution in [3.05, 3.63) is 12.0 Å². The van der Waals surface area contributed by atoms with Gasteiger partial charge in [-0.1, -0.05) is 6.42 Å². The average Bonchev–Trinajstić information content (AvgIpc) is 2.87. The Hall–Kier alpha value is -0.920. The monoisotopic (exact) mass is 314 g/mol. The third-order valence-corrected chi connectivity index (χ3v) is 5.99. The van der Waals surface area contributed by atoms with Gasteiger partial charge in [0, 0.05) is 25.3 Å². The topological polar surface area (TPSA) is 67.2 Å². The summed E-state index contributed by atoms with van der Waals surface area (Å²) < 4.78 is 29.3. The molecule has 1 aliphatic heterocycles. The SMILES string of the molecule is CCn1cc(S(=O)(=O)N2CCCCC2CCNC)nc1C. The number of nitrogens with zero attached hydrogens (tertiary/aromatic N) is 3. The van der Waals surface area contributed by atoms with E-state index >= 15 is 0 Å². The van der Waals surface area contributed by atoms with Crippen molar-refractivity contribution >= 4 is 10.0 Å². The number of rotatable bonds is 6. The van der Waals surface area contributed by atoms with E-state index in [0.29, 0.717) is 6.54 Å². The second-order valence-corrected chi connectivity index (χ2v) is 7.41. The quantitative estimate of drug-likeness (QED) is 0.861. The zero-order valence-electron chi connectivity index (χ0n) is 13.2. The Bertz CT molecular complexity index is 568. The molecule has 0 saturated carbocycles. The number of sulfonamides is 1. The molecule has 0 amide bonds. The van der Waals surface area contributed by atoms with Crippen LogP contribution in [0.5, 0.6) is 0 Å². The number of hydrogen-bond donors (Lipinski definition) is 1. The maximum absolute atomic E-state index is 12.9. The highest BCUT2D eigenvalue weighted by molar-refractivity contribution is 7.89. The van der Waals surface area contributed by atoms with Gasteiger partial charge in [0.15, 0.2) is 5.03 Å². The van der Waals surface area contributed by atoms with Crippen molar-refractivity contribution in [3.63, 3.8) is 0 Å². The molecular formula is C14H26N4O2S. The first-order chi connectivity index (χ1) is 10.0. The van der Waals surface area contributed by atoms with Gasteiger partial charge in [-0.15, -0.1) is 0 Å². The lowest BCUT2D eigenvalue weighted by molar-refractivity contribution is 0.240. The standard InChI is InChI=1S/C14H26N4O2S/c1-4-17-11-14(16-12(17)2)21(19,20)18-10-6-5-7-13(18)8-9-15-3/h11,13,15H,4-10H2,1-3H3. The maximum atomic E-state index is 12.9. The Morgan fingerprint density at radius 3 is 2.81 bits per heavy atom. The Morgan fingerprint density at radius 1 is 1.43 bits per heavy atom. The third kappa shape index (κ3) is 3.46. The minimum Gasteiger partial charge on any atom is -0.334 e. The molecule has 21 heavy (non-hydrogen) atoms. The van der Waals surface area contributed by atoms with Crippen molar-refractivity contribution in [2.45, 2.75) is 57.1 Å². The fourth-order valence-electron chi connectivity index (χ4n) is 2.93. The minimum atomic E-state index is -3.48. The summed E-state index contributed by atoms with van der Waals surface area (Å²) >= 11 is 0. The van der Waals surface area contributed by atoms with Gasteiger partial charge < -0.3 is 9.88 Å². The minimum absolute atomic E-state index is 0.0864. The Kier molecular flexibility index (Phi) is 5.40. The average molecular weight is 314 g/mol. The largest absolute Gasteiger partial charge is 0.334 e. The summed E-state index contributed by atoms with van der Waals surface area (Å²) in [5, 5.41) is 3.30. The summed E-state index contributed by atoms with van der Waals surface area (Å²) in [5.41, 5.74) is 0. The smallest absolute Gasteiger partial charge is 0.262 e. The summed E-state index contributed by atoms with van der Waals surface area (Å²) in [7, 11) is -1.58. The van der Waals surface area contributed by atoms with Crippen LogP contribution in [0, 0.1) is 6.92 Å². The second kappa shape index (κ2) is 6.89. The van der Waals surface area contributed by atoms with Gasteiger partial charge in [0.2, 0.25) is 0 Å². The van der Waals surface area contributed by atoms with Gasteiger partial charge in [0.1, 0.15) is 5.82 Å². The number of aryl methyl sites for hydroxylation is 2. The van der Waals surface area contributed by atoms with Crippen molar-refractivity contribution in [3.8, 4) is 0 Å². The number of imidazole rings is 1. The number of piperidine rings is 1. The van der Waals surface area contributed by atoms with Crippen LogP contribution in [0.1, 0.15) is 38.4 Å². The molecular weight excluding hydrogens is 288 g/mol. The van der Waals surface area contributed by atoms with Gasteiger partial charge in [0.25, 0.3) is 10.0 Å². The van der Waals surface area contributed by atoms with Crippen LogP contribution < -0.4 is 5.32 Å². The van der Waals surface area contributed by atoms with Crippen molar-refractivity contribution in [2.24, 2.45) is 0 Å². The van der Waals surface area contributed by atoms with Crippen LogP contribution in [0.3, 0.4) is 0 Å². The molecule has 0 radical (unpaired) electrons. The molecule has 1 aliphatic rings. The van der Waals surface area contributed by atoms with Crippen LogP contribution in [0.25, 0.3) is 0 Å². The first-order valence-electron chi connectivity index (χ1n) is 7.71. The molecule has 1 saturated heterocycles. The summed E-state index contributed by atoms with van der Waals surface area (Å²) in [6.07, 6.45) is 5.48. The van der Waals surface area contributed by atoms with Gasteiger partial charge in [-0.3, -0.25) is 0 Å². The van der Waals surface area contributed by atoms with E-state index in [1.54, 1.807) is 10.5 Å².